The van der Waals surface area contributed by atoms with Crippen LogP contribution in [0.1, 0.15) is 17.3 Å². The van der Waals surface area contributed by atoms with Crippen LogP contribution in [0, 0.1) is 3.57 Å². The lowest BCUT2D eigenvalue weighted by atomic mass is 10.2. The third kappa shape index (κ3) is 3.64. The first-order valence-electron chi connectivity index (χ1n) is 6.10. The third-order valence-electron chi connectivity index (χ3n) is 2.61. The maximum absolute atomic E-state index is 12.2. The maximum Gasteiger partial charge on any atom is 0.256 e. The second-order valence-electron chi connectivity index (χ2n) is 4.01. The van der Waals surface area contributed by atoms with Gasteiger partial charge in [-0.2, -0.15) is 0 Å². The molecule has 1 amide bonds. The number of benzene rings is 2. The SMILES string of the molecule is CCOc1ccc(NC(=O)c2ccccc2I)cc1Cl. The Kier molecular flexibility index (Phi) is 5.25. The fourth-order valence-electron chi connectivity index (χ4n) is 1.69. The van der Waals surface area contributed by atoms with Gasteiger partial charge in [-0.15, -0.1) is 0 Å². The van der Waals surface area contributed by atoms with Gasteiger partial charge in [0.15, 0.2) is 0 Å². The molecule has 2 aromatic carbocycles. The van der Waals surface area contributed by atoms with Crippen LogP contribution in [0.25, 0.3) is 0 Å². The molecule has 3 nitrogen and oxygen atoms in total. The molecule has 0 aliphatic rings. The van der Waals surface area contributed by atoms with Gasteiger partial charge in [0.25, 0.3) is 5.91 Å². The number of amides is 1. The Morgan fingerprint density at radius 3 is 2.70 bits per heavy atom. The average Bonchev–Trinajstić information content (AvgIpc) is 2.42. The summed E-state index contributed by atoms with van der Waals surface area (Å²) in [7, 11) is 0. The quantitative estimate of drug-likeness (QED) is 0.761. The molecule has 0 aliphatic carbocycles. The van der Waals surface area contributed by atoms with Crippen LogP contribution in [0.4, 0.5) is 5.69 Å². The van der Waals surface area contributed by atoms with Crippen molar-refractivity contribution in [2.45, 2.75) is 6.92 Å². The van der Waals surface area contributed by atoms with E-state index in [1.807, 2.05) is 25.1 Å². The highest BCUT2D eigenvalue weighted by molar-refractivity contribution is 14.1. The summed E-state index contributed by atoms with van der Waals surface area (Å²) in [6.07, 6.45) is 0. The van der Waals surface area contributed by atoms with Crippen molar-refractivity contribution < 1.29 is 9.53 Å². The van der Waals surface area contributed by atoms with Crippen molar-refractivity contribution in [3.63, 3.8) is 0 Å². The molecule has 0 atom stereocenters. The highest BCUT2D eigenvalue weighted by Gasteiger charge is 2.10. The molecule has 0 bridgehead atoms. The summed E-state index contributed by atoms with van der Waals surface area (Å²) in [5, 5.41) is 3.30. The van der Waals surface area contributed by atoms with E-state index in [0.29, 0.717) is 28.6 Å². The zero-order valence-electron chi connectivity index (χ0n) is 10.8. The van der Waals surface area contributed by atoms with E-state index in [0.717, 1.165) is 3.57 Å². The molecular weight excluding hydrogens is 389 g/mol. The van der Waals surface area contributed by atoms with Gasteiger partial charge in [0.1, 0.15) is 5.75 Å². The third-order valence-corrected chi connectivity index (χ3v) is 3.84. The van der Waals surface area contributed by atoms with E-state index in [1.165, 1.54) is 0 Å². The molecule has 20 heavy (non-hydrogen) atoms. The minimum atomic E-state index is -0.157. The fourth-order valence-corrected chi connectivity index (χ4v) is 2.56. The number of carbonyl (C=O) groups is 1. The molecule has 0 fully saturated rings. The molecular formula is C15H13ClINO2. The first kappa shape index (κ1) is 15.1. The summed E-state index contributed by atoms with van der Waals surface area (Å²) in [5.74, 6) is 0.455. The molecule has 0 heterocycles. The van der Waals surface area contributed by atoms with Crippen LogP contribution in [-0.4, -0.2) is 12.5 Å². The van der Waals surface area contributed by atoms with Gasteiger partial charge in [-0.25, -0.2) is 0 Å². The van der Waals surface area contributed by atoms with E-state index in [-0.39, 0.29) is 5.91 Å². The van der Waals surface area contributed by atoms with E-state index < -0.39 is 0 Å². The highest BCUT2D eigenvalue weighted by Crippen LogP contribution is 2.28. The Balaban J connectivity index is 2.16. The van der Waals surface area contributed by atoms with Crippen LogP contribution >= 0.6 is 34.2 Å². The van der Waals surface area contributed by atoms with Gasteiger partial charge < -0.3 is 10.1 Å². The van der Waals surface area contributed by atoms with E-state index >= 15 is 0 Å². The van der Waals surface area contributed by atoms with Gasteiger partial charge >= 0.3 is 0 Å². The first-order chi connectivity index (χ1) is 9.61. The Bertz CT molecular complexity index is 631. The summed E-state index contributed by atoms with van der Waals surface area (Å²) in [6.45, 7) is 2.44. The Morgan fingerprint density at radius 1 is 1.30 bits per heavy atom. The van der Waals surface area contributed by atoms with Gasteiger partial charge in [0, 0.05) is 9.26 Å². The van der Waals surface area contributed by atoms with E-state index in [4.69, 9.17) is 16.3 Å². The molecule has 2 rings (SSSR count). The number of anilines is 1. The summed E-state index contributed by atoms with van der Waals surface area (Å²) >= 11 is 8.23. The van der Waals surface area contributed by atoms with Crippen molar-refractivity contribution >= 4 is 45.8 Å². The molecule has 0 aliphatic heterocycles. The van der Waals surface area contributed by atoms with Crippen molar-refractivity contribution in [2.75, 3.05) is 11.9 Å². The second-order valence-corrected chi connectivity index (χ2v) is 5.58. The molecule has 0 saturated heterocycles. The number of ether oxygens (including phenoxy) is 1. The van der Waals surface area contributed by atoms with Crippen molar-refractivity contribution in [3.8, 4) is 5.75 Å². The molecule has 0 unspecified atom stereocenters. The van der Waals surface area contributed by atoms with Gasteiger partial charge in [-0.05, 0) is 59.8 Å². The Hall–Kier alpha value is -1.27. The van der Waals surface area contributed by atoms with Crippen molar-refractivity contribution in [2.24, 2.45) is 0 Å². The van der Waals surface area contributed by atoms with Gasteiger partial charge in [0.2, 0.25) is 0 Å². The number of hydrogen-bond donors (Lipinski definition) is 1. The smallest absolute Gasteiger partial charge is 0.256 e. The lowest BCUT2D eigenvalue weighted by molar-refractivity contribution is 0.102. The lowest BCUT2D eigenvalue weighted by Gasteiger charge is -2.10. The zero-order chi connectivity index (χ0) is 14.5. The van der Waals surface area contributed by atoms with E-state index in [2.05, 4.69) is 27.9 Å². The maximum atomic E-state index is 12.2. The van der Waals surface area contributed by atoms with E-state index in [1.54, 1.807) is 24.3 Å². The summed E-state index contributed by atoms with van der Waals surface area (Å²) in [6, 6.07) is 12.6. The normalized spacial score (nSPS) is 10.2. The van der Waals surface area contributed by atoms with Crippen LogP contribution in [0.15, 0.2) is 42.5 Å². The fraction of sp³-hybridized carbons (Fsp3) is 0.133. The molecule has 5 heteroatoms. The topological polar surface area (TPSA) is 38.3 Å². The minimum Gasteiger partial charge on any atom is -0.492 e. The molecule has 2 aromatic rings. The Morgan fingerprint density at radius 2 is 2.05 bits per heavy atom. The summed E-state index contributed by atoms with van der Waals surface area (Å²) in [4.78, 5) is 12.2. The molecule has 0 radical (unpaired) electrons. The predicted molar refractivity (Wildman–Crippen MR) is 89.7 cm³/mol. The number of nitrogens with one attached hydrogen (secondary N) is 1. The van der Waals surface area contributed by atoms with Crippen LogP contribution < -0.4 is 10.1 Å². The largest absolute Gasteiger partial charge is 0.492 e. The van der Waals surface area contributed by atoms with Crippen molar-refractivity contribution in [1.82, 2.24) is 0 Å². The standard InChI is InChI=1S/C15H13ClINO2/c1-2-20-14-8-7-10(9-12(14)16)18-15(19)11-5-3-4-6-13(11)17/h3-9H,2H2,1H3,(H,18,19). The number of rotatable bonds is 4. The molecule has 104 valence electrons. The average molecular weight is 402 g/mol. The van der Waals surface area contributed by atoms with Crippen LogP contribution in [0.5, 0.6) is 5.75 Å². The predicted octanol–water partition coefficient (Wildman–Crippen LogP) is 4.60. The molecule has 1 N–H and O–H groups in total. The highest BCUT2D eigenvalue weighted by atomic mass is 127. The summed E-state index contributed by atoms with van der Waals surface area (Å²) in [5.41, 5.74) is 1.28. The van der Waals surface area contributed by atoms with Crippen LogP contribution in [0.3, 0.4) is 0 Å². The van der Waals surface area contributed by atoms with Gasteiger partial charge in [0.05, 0.1) is 17.2 Å². The Labute approximate surface area is 136 Å². The monoisotopic (exact) mass is 401 g/mol. The van der Waals surface area contributed by atoms with Gasteiger partial charge in [-0.1, -0.05) is 23.7 Å². The van der Waals surface area contributed by atoms with E-state index in [9.17, 15) is 4.79 Å². The van der Waals surface area contributed by atoms with Crippen molar-refractivity contribution in [1.29, 1.82) is 0 Å². The lowest BCUT2D eigenvalue weighted by Crippen LogP contribution is -2.13. The summed E-state index contributed by atoms with van der Waals surface area (Å²) < 4.78 is 6.26. The van der Waals surface area contributed by atoms with Crippen LogP contribution in [0.2, 0.25) is 5.02 Å². The van der Waals surface area contributed by atoms with Crippen molar-refractivity contribution in [3.05, 3.63) is 56.6 Å². The number of halogens is 2. The van der Waals surface area contributed by atoms with Gasteiger partial charge in [-0.3, -0.25) is 4.79 Å². The van der Waals surface area contributed by atoms with Crippen LogP contribution in [-0.2, 0) is 0 Å². The zero-order valence-corrected chi connectivity index (χ0v) is 13.7. The number of hydrogen-bond acceptors (Lipinski definition) is 2. The first-order valence-corrected chi connectivity index (χ1v) is 7.55. The molecule has 0 saturated carbocycles. The molecule has 0 aromatic heterocycles. The second kappa shape index (κ2) is 6.95. The molecule has 0 spiro atoms. The number of carbonyl (C=O) groups excluding carboxylic acids is 1. The minimum absolute atomic E-state index is 0.157.